The third-order valence-electron chi connectivity index (χ3n) is 12.4. The zero-order chi connectivity index (χ0) is 44.1. The number of nitrogens with zero attached hydrogens (tertiary/aromatic N) is 4. The highest BCUT2D eigenvalue weighted by Gasteiger charge is 2.42. The molecular formula is C41H64N4O12Si2. The first kappa shape index (κ1) is 47.4. The van der Waals surface area contributed by atoms with Gasteiger partial charge in [-0.25, -0.2) is 0 Å². The standard InChI is InChI=1S/C41H64N4O12Si2/c1-40(2,3)58(9,10)56-26-28-16-13-18-42(28)38(46)30-22-34(52-7)36(24-32(30)44(48)49)54-20-15-21-55-37-25-33(45(50)51)31(23-35(37)53-8)39(47)43-19-14-17-29(43)27-57-59(11,12)41(4,5)6/h22-25,28-29H,13-21,26-27H2,1-12H3/t28-,29-/m0/s1. The molecule has 16 nitrogen and oxygen atoms in total. The van der Waals surface area contributed by atoms with E-state index in [1.54, 1.807) is 9.80 Å². The van der Waals surface area contributed by atoms with Crippen molar-refractivity contribution < 1.29 is 47.2 Å². The summed E-state index contributed by atoms with van der Waals surface area (Å²) in [6.45, 7) is 23.2. The van der Waals surface area contributed by atoms with Gasteiger partial charge in [-0.3, -0.25) is 29.8 Å². The molecule has 0 radical (unpaired) electrons. The summed E-state index contributed by atoms with van der Waals surface area (Å²) in [5.41, 5.74) is -1.02. The number of hydrogen-bond acceptors (Lipinski definition) is 12. The molecule has 2 saturated heterocycles. The molecule has 0 spiro atoms. The van der Waals surface area contributed by atoms with Gasteiger partial charge in [0, 0.05) is 31.6 Å². The molecule has 2 aromatic carbocycles. The summed E-state index contributed by atoms with van der Waals surface area (Å²) in [4.78, 5) is 54.3. The fourth-order valence-corrected chi connectivity index (χ4v) is 8.70. The maximum Gasteiger partial charge on any atom is 0.286 e. The molecule has 2 aromatic rings. The van der Waals surface area contributed by atoms with Crippen molar-refractivity contribution in [3.05, 3.63) is 55.6 Å². The van der Waals surface area contributed by atoms with E-state index in [9.17, 15) is 29.8 Å². The van der Waals surface area contributed by atoms with E-state index in [0.717, 1.165) is 25.7 Å². The van der Waals surface area contributed by atoms with Gasteiger partial charge in [0.25, 0.3) is 23.2 Å². The molecular weight excluding hydrogens is 797 g/mol. The van der Waals surface area contributed by atoms with E-state index >= 15 is 0 Å². The van der Waals surface area contributed by atoms with Crippen LogP contribution in [-0.4, -0.2) is 114 Å². The van der Waals surface area contributed by atoms with Crippen LogP contribution in [0, 0.1) is 20.2 Å². The first-order valence-electron chi connectivity index (χ1n) is 20.3. The second kappa shape index (κ2) is 19.0. The highest BCUT2D eigenvalue weighted by atomic mass is 28.4. The van der Waals surface area contributed by atoms with E-state index in [1.807, 2.05) is 0 Å². The zero-order valence-electron chi connectivity index (χ0n) is 36.9. The van der Waals surface area contributed by atoms with Crippen molar-refractivity contribution in [3.63, 3.8) is 0 Å². The lowest BCUT2D eigenvalue weighted by Gasteiger charge is -2.38. The van der Waals surface area contributed by atoms with Gasteiger partial charge in [-0.2, -0.15) is 0 Å². The average molecular weight is 861 g/mol. The molecule has 0 bridgehead atoms. The van der Waals surface area contributed by atoms with E-state index in [0.29, 0.717) is 26.3 Å². The van der Waals surface area contributed by atoms with Crippen LogP contribution in [0.5, 0.6) is 23.0 Å². The van der Waals surface area contributed by atoms with Crippen molar-refractivity contribution in [2.75, 3.05) is 53.7 Å². The van der Waals surface area contributed by atoms with Crippen molar-refractivity contribution in [2.45, 2.75) is 122 Å². The zero-order valence-corrected chi connectivity index (χ0v) is 38.9. The predicted molar refractivity (Wildman–Crippen MR) is 229 cm³/mol. The Morgan fingerprint density at radius 3 is 1.32 bits per heavy atom. The maximum atomic E-state index is 13.9. The molecule has 18 heteroatoms. The Balaban J connectivity index is 1.43. The number of amides is 2. The molecule has 2 fully saturated rings. The molecule has 2 atom stereocenters. The van der Waals surface area contributed by atoms with Gasteiger partial charge in [-0.15, -0.1) is 0 Å². The summed E-state index contributed by atoms with van der Waals surface area (Å²) in [5.74, 6) is -0.497. The van der Waals surface area contributed by atoms with Gasteiger partial charge in [0.2, 0.25) is 0 Å². The van der Waals surface area contributed by atoms with Crippen LogP contribution in [0.25, 0.3) is 0 Å². The molecule has 2 heterocycles. The van der Waals surface area contributed by atoms with Gasteiger partial charge >= 0.3 is 0 Å². The lowest BCUT2D eigenvalue weighted by atomic mass is 10.1. The Morgan fingerprint density at radius 1 is 0.661 bits per heavy atom. The number of nitro groups is 2. The van der Waals surface area contributed by atoms with E-state index in [2.05, 4.69) is 67.7 Å². The number of hydrogen-bond donors (Lipinski definition) is 0. The fourth-order valence-electron chi connectivity index (χ4n) is 6.62. The summed E-state index contributed by atoms with van der Waals surface area (Å²) < 4.78 is 35.7. The Labute approximate surface area is 350 Å². The fraction of sp³-hybridized carbons (Fsp3) is 0.659. The van der Waals surface area contributed by atoms with E-state index in [4.69, 9.17) is 27.8 Å². The third-order valence-corrected chi connectivity index (χ3v) is 21.4. The number of methoxy groups -OCH3 is 2. The number of benzene rings is 2. The van der Waals surface area contributed by atoms with Crippen LogP contribution < -0.4 is 18.9 Å². The minimum Gasteiger partial charge on any atom is -0.493 e. The lowest BCUT2D eigenvalue weighted by molar-refractivity contribution is -0.385. The molecule has 0 unspecified atom stereocenters. The van der Waals surface area contributed by atoms with Crippen LogP contribution in [0.1, 0.15) is 94.4 Å². The number of carbonyl (C=O) groups excluding carboxylic acids is 2. The van der Waals surface area contributed by atoms with Crippen molar-refractivity contribution in [3.8, 4) is 23.0 Å². The van der Waals surface area contributed by atoms with E-state index in [-0.39, 0.29) is 75.9 Å². The SMILES string of the molecule is COc1cc(C(=O)N2CCC[C@H]2CO[Si](C)(C)C(C)(C)C)c([N+](=O)[O-])cc1OCCCOc1cc([N+](=O)[O-])c(C(=O)N2CCC[C@H]2CO[Si](C)(C)C(C)(C)C)cc1OC. The summed E-state index contributed by atoms with van der Waals surface area (Å²) in [5, 5.41) is 24.5. The number of likely N-dealkylation sites (tertiary alicyclic amines) is 2. The molecule has 59 heavy (non-hydrogen) atoms. The number of ether oxygens (including phenoxy) is 4. The molecule has 2 aliphatic heterocycles. The van der Waals surface area contributed by atoms with Crippen molar-refractivity contribution in [1.82, 2.24) is 9.80 Å². The van der Waals surface area contributed by atoms with Gasteiger partial charge in [0.15, 0.2) is 39.6 Å². The van der Waals surface area contributed by atoms with Gasteiger partial charge in [-0.1, -0.05) is 41.5 Å². The van der Waals surface area contributed by atoms with Crippen molar-refractivity contribution in [2.24, 2.45) is 0 Å². The van der Waals surface area contributed by atoms with Crippen LogP contribution in [-0.2, 0) is 8.85 Å². The molecule has 2 amide bonds. The van der Waals surface area contributed by atoms with Gasteiger partial charge in [0.1, 0.15) is 11.1 Å². The summed E-state index contributed by atoms with van der Waals surface area (Å²) in [6.07, 6.45) is 3.26. The number of nitro benzene ring substituents is 2. The number of carbonyl (C=O) groups is 2. The minimum atomic E-state index is -2.08. The molecule has 0 N–H and O–H groups in total. The molecule has 0 aliphatic carbocycles. The normalized spacial score (nSPS) is 17.6. The first-order chi connectivity index (χ1) is 27.4. The number of rotatable bonds is 18. The summed E-state index contributed by atoms with van der Waals surface area (Å²) in [6, 6.07) is 4.66. The van der Waals surface area contributed by atoms with Crippen LogP contribution in [0.15, 0.2) is 24.3 Å². The van der Waals surface area contributed by atoms with Crippen LogP contribution in [0.3, 0.4) is 0 Å². The Kier molecular flexibility index (Phi) is 15.3. The minimum absolute atomic E-state index is 0.00560. The second-order valence-corrected chi connectivity index (χ2v) is 28.0. The summed E-state index contributed by atoms with van der Waals surface area (Å²) >= 11 is 0. The van der Waals surface area contributed by atoms with Gasteiger partial charge in [0.05, 0.1) is 74.7 Å². The van der Waals surface area contributed by atoms with Crippen molar-refractivity contribution in [1.29, 1.82) is 0 Å². The highest BCUT2D eigenvalue weighted by molar-refractivity contribution is 6.74. The summed E-state index contributed by atoms with van der Waals surface area (Å²) in [7, 11) is -1.39. The first-order valence-corrected chi connectivity index (χ1v) is 26.1. The quantitative estimate of drug-likeness (QED) is 0.0603. The van der Waals surface area contributed by atoms with Crippen molar-refractivity contribution >= 4 is 39.8 Å². The monoisotopic (exact) mass is 860 g/mol. The van der Waals surface area contributed by atoms with Crippen LogP contribution in [0.4, 0.5) is 11.4 Å². The molecule has 2 aliphatic rings. The molecule has 0 aromatic heterocycles. The second-order valence-electron chi connectivity index (χ2n) is 18.3. The topological polar surface area (TPSA) is 182 Å². The average Bonchev–Trinajstić information content (AvgIpc) is 3.84. The highest BCUT2D eigenvalue weighted by Crippen LogP contribution is 2.41. The molecule has 328 valence electrons. The molecule has 0 saturated carbocycles. The molecule has 4 rings (SSSR count). The maximum absolute atomic E-state index is 13.9. The lowest BCUT2D eigenvalue weighted by Crippen LogP contribution is -2.46. The van der Waals surface area contributed by atoms with Crippen LogP contribution >= 0.6 is 0 Å². The van der Waals surface area contributed by atoms with E-state index in [1.165, 1.54) is 38.5 Å². The predicted octanol–water partition coefficient (Wildman–Crippen LogP) is 8.62. The van der Waals surface area contributed by atoms with Crippen LogP contribution in [0.2, 0.25) is 36.3 Å². The Bertz CT molecular complexity index is 1730. The van der Waals surface area contributed by atoms with Gasteiger partial charge in [-0.05, 0) is 61.9 Å². The van der Waals surface area contributed by atoms with E-state index < -0.39 is 49.7 Å². The largest absolute Gasteiger partial charge is 0.493 e. The Morgan fingerprint density at radius 2 is 1.02 bits per heavy atom. The smallest absolute Gasteiger partial charge is 0.286 e. The Hall–Kier alpha value is -4.27. The third kappa shape index (κ3) is 11.1. The van der Waals surface area contributed by atoms with Gasteiger partial charge < -0.3 is 37.6 Å².